The lowest BCUT2D eigenvalue weighted by atomic mass is 10.2. The van der Waals surface area contributed by atoms with Crippen molar-refractivity contribution in [2.24, 2.45) is 7.05 Å². The number of ether oxygens (including phenoxy) is 1. The van der Waals surface area contributed by atoms with E-state index in [4.69, 9.17) is 4.74 Å². The first-order valence-electron chi connectivity index (χ1n) is 5.38. The number of aryl methyl sites for hydroxylation is 1. The topological polar surface area (TPSA) is 60.2 Å². The Kier molecular flexibility index (Phi) is 3.19. The number of carbonyl (C=O) groups excluding carboxylic acids is 1. The van der Waals surface area contributed by atoms with Crippen LogP contribution in [0.4, 0.5) is 0 Å². The molecule has 0 N–H and O–H groups in total. The standard InChI is InChI=1S/C10H16N4O2/c1-13-11-6-8(12-13)7-14-5-3-4-9(14)10(15)16-2/h6,9H,3-5,7H2,1-2H3/t9-/m1/s1. The van der Waals surface area contributed by atoms with Gasteiger partial charge in [0.05, 0.1) is 19.0 Å². The Labute approximate surface area is 94.2 Å². The van der Waals surface area contributed by atoms with Crippen molar-refractivity contribution in [2.45, 2.75) is 25.4 Å². The number of carbonyl (C=O) groups is 1. The minimum absolute atomic E-state index is 0.119. The van der Waals surface area contributed by atoms with Crippen LogP contribution in [0.2, 0.25) is 0 Å². The van der Waals surface area contributed by atoms with Gasteiger partial charge < -0.3 is 4.74 Å². The number of nitrogens with zero attached hydrogens (tertiary/aromatic N) is 4. The Morgan fingerprint density at radius 3 is 3.12 bits per heavy atom. The molecule has 6 nitrogen and oxygen atoms in total. The molecule has 0 amide bonds. The van der Waals surface area contributed by atoms with Gasteiger partial charge in [0.15, 0.2) is 0 Å². The molecule has 1 atom stereocenters. The van der Waals surface area contributed by atoms with Gasteiger partial charge >= 0.3 is 5.97 Å². The molecule has 1 saturated heterocycles. The molecule has 0 unspecified atom stereocenters. The number of aromatic nitrogens is 3. The molecule has 0 saturated carbocycles. The number of hydrogen-bond acceptors (Lipinski definition) is 5. The molecule has 0 bridgehead atoms. The quantitative estimate of drug-likeness (QED) is 0.674. The van der Waals surface area contributed by atoms with Crippen molar-refractivity contribution in [3.63, 3.8) is 0 Å². The first-order chi connectivity index (χ1) is 7.70. The zero-order valence-electron chi connectivity index (χ0n) is 9.59. The number of likely N-dealkylation sites (tertiary alicyclic amines) is 1. The van der Waals surface area contributed by atoms with Crippen molar-refractivity contribution >= 4 is 5.97 Å². The molecule has 1 aromatic heterocycles. The van der Waals surface area contributed by atoms with E-state index in [0.717, 1.165) is 25.1 Å². The predicted octanol–water partition coefficient (Wildman–Crippen LogP) is -0.0475. The molecule has 2 rings (SSSR count). The van der Waals surface area contributed by atoms with Gasteiger partial charge in [0.25, 0.3) is 0 Å². The van der Waals surface area contributed by atoms with E-state index in [1.165, 1.54) is 11.9 Å². The maximum Gasteiger partial charge on any atom is 0.323 e. The maximum absolute atomic E-state index is 11.5. The lowest BCUT2D eigenvalue weighted by Crippen LogP contribution is -2.36. The first-order valence-corrected chi connectivity index (χ1v) is 5.38. The second kappa shape index (κ2) is 4.61. The molecule has 1 aliphatic rings. The van der Waals surface area contributed by atoms with E-state index < -0.39 is 0 Å². The van der Waals surface area contributed by atoms with Crippen molar-refractivity contribution in [1.82, 2.24) is 19.9 Å². The van der Waals surface area contributed by atoms with Gasteiger partial charge in [0, 0.05) is 13.6 Å². The summed E-state index contributed by atoms with van der Waals surface area (Å²) in [5, 5.41) is 8.22. The molecule has 6 heteroatoms. The lowest BCUT2D eigenvalue weighted by Gasteiger charge is -2.20. The Bertz CT molecular complexity index is 377. The molecule has 1 fully saturated rings. The Morgan fingerprint density at radius 2 is 2.50 bits per heavy atom. The number of methoxy groups -OCH3 is 1. The van der Waals surface area contributed by atoms with Crippen LogP contribution in [0, 0.1) is 0 Å². The third-order valence-corrected chi connectivity index (χ3v) is 2.85. The van der Waals surface area contributed by atoms with Gasteiger partial charge in [-0.15, -0.1) is 0 Å². The fourth-order valence-corrected chi connectivity index (χ4v) is 2.09. The lowest BCUT2D eigenvalue weighted by molar-refractivity contribution is -0.146. The van der Waals surface area contributed by atoms with Crippen LogP contribution < -0.4 is 0 Å². The van der Waals surface area contributed by atoms with E-state index in [-0.39, 0.29) is 12.0 Å². The molecular weight excluding hydrogens is 208 g/mol. The van der Waals surface area contributed by atoms with Gasteiger partial charge in [-0.2, -0.15) is 15.0 Å². The molecule has 0 spiro atoms. The number of hydrogen-bond donors (Lipinski definition) is 0. The molecule has 2 heterocycles. The molecule has 0 aromatic carbocycles. The van der Waals surface area contributed by atoms with Gasteiger partial charge in [-0.25, -0.2) is 0 Å². The van der Waals surface area contributed by atoms with Crippen molar-refractivity contribution < 1.29 is 9.53 Å². The fraction of sp³-hybridized carbons (Fsp3) is 0.700. The maximum atomic E-state index is 11.5. The van der Waals surface area contributed by atoms with Gasteiger partial charge in [-0.1, -0.05) is 0 Å². The fourth-order valence-electron chi connectivity index (χ4n) is 2.09. The summed E-state index contributed by atoms with van der Waals surface area (Å²) in [4.78, 5) is 15.1. The molecule has 1 aliphatic heterocycles. The second-order valence-corrected chi connectivity index (χ2v) is 3.98. The Morgan fingerprint density at radius 1 is 1.69 bits per heavy atom. The van der Waals surface area contributed by atoms with Crippen molar-refractivity contribution in [2.75, 3.05) is 13.7 Å². The van der Waals surface area contributed by atoms with Crippen LogP contribution in [0.5, 0.6) is 0 Å². The average molecular weight is 224 g/mol. The summed E-state index contributed by atoms with van der Waals surface area (Å²) in [5.41, 5.74) is 0.887. The van der Waals surface area contributed by atoms with Crippen molar-refractivity contribution in [3.05, 3.63) is 11.9 Å². The molecule has 1 aromatic rings. The monoisotopic (exact) mass is 224 g/mol. The highest BCUT2D eigenvalue weighted by Gasteiger charge is 2.31. The van der Waals surface area contributed by atoms with Gasteiger partial charge in [-0.3, -0.25) is 9.69 Å². The highest BCUT2D eigenvalue weighted by atomic mass is 16.5. The van der Waals surface area contributed by atoms with Crippen LogP contribution in [0.1, 0.15) is 18.5 Å². The van der Waals surface area contributed by atoms with Crippen LogP contribution in [0.25, 0.3) is 0 Å². The molecular formula is C10H16N4O2. The highest BCUT2D eigenvalue weighted by Crippen LogP contribution is 2.20. The van der Waals surface area contributed by atoms with Crippen molar-refractivity contribution in [1.29, 1.82) is 0 Å². The van der Waals surface area contributed by atoms with Gasteiger partial charge in [-0.05, 0) is 19.4 Å². The van der Waals surface area contributed by atoms with E-state index in [0.29, 0.717) is 6.54 Å². The van der Waals surface area contributed by atoms with Crippen LogP contribution >= 0.6 is 0 Å². The largest absolute Gasteiger partial charge is 0.468 e. The zero-order valence-corrected chi connectivity index (χ0v) is 9.59. The molecule has 0 radical (unpaired) electrons. The Hall–Kier alpha value is -1.43. The minimum Gasteiger partial charge on any atom is -0.468 e. The second-order valence-electron chi connectivity index (χ2n) is 3.98. The van der Waals surface area contributed by atoms with E-state index in [2.05, 4.69) is 15.1 Å². The summed E-state index contributed by atoms with van der Waals surface area (Å²) in [6.45, 7) is 1.57. The van der Waals surface area contributed by atoms with E-state index in [1.54, 1.807) is 13.2 Å². The van der Waals surface area contributed by atoms with Gasteiger partial charge in [0.2, 0.25) is 0 Å². The van der Waals surface area contributed by atoms with E-state index >= 15 is 0 Å². The summed E-state index contributed by atoms with van der Waals surface area (Å²) in [7, 11) is 3.21. The van der Waals surface area contributed by atoms with Crippen LogP contribution in [0.3, 0.4) is 0 Å². The average Bonchev–Trinajstić information content (AvgIpc) is 2.87. The minimum atomic E-state index is -0.151. The Balaban J connectivity index is 2.01. The summed E-state index contributed by atoms with van der Waals surface area (Å²) >= 11 is 0. The summed E-state index contributed by atoms with van der Waals surface area (Å²) in [6.07, 6.45) is 3.62. The highest BCUT2D eigenvalue weighted by molar-refractivity contribution is 5.75. The summed E-state index contributed by atoms with van der Waals surface area (Å²) in [6, 6.07) is -0.119. The van der Waals surface area contributed by atoms with Crippen LogP contribution in [-0.2, 0) is 23.1 Å². The third-order valence-electron chi connectivity index (χ3n) is 2.85. The number of esters is 1. The summed E-state index contributed by atoms with van der Waals surface area (Å²) < 4.78 is 4.79. The van der Waals surface area contributed by atoms with Gasteiger partial charge in [0.1, 0.15) is 6.04 Å². The van der Waals surface area contributed by atoms with Crippen molar-refractivity contribution in [3.8, 4) is 0 Å². The zero-order chi connectivity index (χ0) is 11.5. The van der Waals surface area contributed by atoms with E-state index in [1.807, 2.05) is 0 Å². The molecule has 16 heavy (non-hydrogen) atoms. The predicted molar refractivity (Wildman–Crippen MR) is 56.5 cm³/mol. The van der Waals surface area contributed by atoms with E-state index in [9.17, 15) is 4.79 Å². The normalized spacial score (nSPS) is 21.2. The van der Waals surface area contributed by atoms with Crippen LogP contribution in [0.15, 0.2) is 6.20 Å². The molecule has 0 aliphatic carbocycles. The van der Waals surface area contributed by atoms with Crippen LogP contribution in [-0.4, -0.2) is 45.6 Å². The molecule has 88 valence electrons. The number of rotatable bonds is 3. The first kappa shape index (κ1) is 11.1. The smallest absolute Gasteiger partial charge is 0.323 e. The summed E-state index contributed by atoms with van der Waals surface area (Å²) in [5.74, 6) is -0.151. The SMILES string of the molecule is COC(=O)[C@H]1CCCN1Cc1cnn(C)n1. The third kappa shape index (κ3) is 2.21.